The lowest BCUT2D eigenvalue weighted by Gasteiger charge is -2.36. The van der Waals surface area contributed by atoms with Crippen LogP contribution >= 0.6 is 0 Å². The number of ether oxygens (including phenoxy) is 1. The largest absolute Gasteiger partial charge is 0.481 e. The van der Waals surface area contributed by atoms with Crippen LogP contribution in [0.15, 0.2) is 0 Å². The minimum absolute atomic E-state index is 0.0421. The molecule has 0 spiro atoms. The zero-order valence-electron chi connectivity index (χ0n) is 11.5. The van der Waals surface area contributed by atoms with E-state index in [-0.39, 0.29) is 18.9 Å². The first kappa shape index (κ1) is 14.8. The maximum atomic E-state index is 12.3. The highest BCUT2D eigenvalue weighted by Crippen LogP contribution is 2.40. The molecule has 0 aromatic rings. The van der Waals surface area contributed by atoms with Gasteiger partial charge in [0.25, 0.3) is 0 Å². The maximum Gasteiger partial charge on any atom is 0.310 e. The van der Waals surface area contributed by atoms with Crippen molar-refractivity contribution in [1.29, 1.82) is 5.26 Å². The van der Waals surface area contributed by atoms with E-state index in [0.717, 1.165) is 19.3 Å². The minimum atomic E-state index is -0.907. The number of carboxylic acid groups (broad SMARTS) is 1. The first-order valence-electron chi connectivity index (χ1n) is 7.10. The van der Waals surface area contributed by atoms with E-state index in [4.69, 9.17) is 10.00 Å². The quantitative estimate of drug-likeness (QED) is 0.837. The summed E-state index contributed by atoms with van der Waals surface area (Å²) < 4.78 is 5.20. The number of aliphatic carboxylic acids is 1. The molecule has 1 aliphatic heterocycles. The Morgan fingerprint density at radius 2 is 2.05 bits per heavy atom. The lowest BCUT2D eigenvalue weighted by molar-refractivity contribution is -0.157. The average Bonchev–Trinajstić information content (AvgIpc) is 2.48. The Bertz CT molecular complexity index is 423. The molecule has 1 N–H and O–H groups in total. The van der Waals surface area contributed by atoms with Crippen LogP contribution in [0.25, 0.3) is 0 Å². The van der Waals surface area contributed by atoms with Crippen molar-refractivity contribution < 1.29 is 19.4 Å². The van der Waals surface area contributed by atoms with Crippen molar-refractivity contribution in [1.82, 2.24) is 4.90 Å². The zero-order valence-corrected chi connectivity index (χ0v) is 11.5. The molecule has 1 saturated carbocycles. The molecule has 110 valence electrons. The van der Waals surface area contributed by atoms with Gasteiger partial charge in [-0.15, -0.1) is 0 Å². The van der Waals surface area contributed by atoms with Gasteiger partial charge in [0.05, 0.1) is 24.6 Å². The standard InChI is InChI=1S/C14H20N2O4/c15-9-11-10-16(6-7-20-11)12(17)8-14(13(18)19)4-2-1-3-5-14/h11H,1-8,10H2,(H,18,19). The highest BCUT2D eigenvalue weighted by molar-refractivity contribution is 5.85. The predicted molar refractivity (Wildman–Crippen MR) is 69.7 cm³/mol. The van der Waals surface area contributed by atoms with Crippen LogP contribution in [-0.2, 0) is 14.3 Å². The Morgan fingerprint density at radius 1 is 1.35 bits per heavy atom. The molecular formula is C14H20N2O4. The molecule has 0 aromatic carbocycles. The third-order valence-electron chi connectivity index (χ3n) is 4.32. The van der Waals surface area contributed by atoms with E-state index < -0.39 is 17.5 Å². The van der Waals surface area contributed by atoms with Gasteiger partial charge >= 0.3 is 5.97 Å². The second-order valence-corrected chi connectivity index (χ2v) is 5.65. The molecule has 0 bridgehead atoms. The number of nitrogens with zero attached hydrogens (tertiary/aromatic N) is 2. The lowest BCUT2D eigenvalue weighted by Crippen LogP contribution is -2.48. The summed E-state index contributed by atoms with van der Waals surface area (Å²) in [7, 11) is 0. The van der Waals surface area contributed by atoms with Gasteiger partial charge in [-0.25, -0.2) is 0 Å². The smallest absolute Gasteiger partial charge is 0.310 e. The molecule has 2 rings (SSSR count). The summed E-state index contributed by atoms with van der Waals surface area (Å²) >= 11 is 0. The van der Waals surface area contributed by atoms with Crippen molar-refractivity contribution in [2.45, 2.75) is 44.6 Å². The van der Waals surface area contributed by atoms with Crippen molar-refractivity contribution in [2.24, 2.45) is 5.41 Å². The second kappa shape index (κ2) is 6.23. The molecule has 1 atom stereocenters. The summed E-state index contributed by atoms with van der Waals surface area (Å²) in [6, 6.07) is 1.99. The molecule has 20 heavy (non-hydrogen) atoms. The molecular weight excluding hydrogens is 260 g/mol. The van der Waals surface area contributed by atoms with Crippen LogP contribution in [0.5, 0.6) is 0 Å². The SMILES string of the molecule is N#CC1CN(C(=O)CC2(C(=O)O)CCCCC2)CCO1. The zero-order chi connectivity index (χ0) is 14.6. The summed E-state index contributed by atoms with van der Waals surface area (Å²) in [6.45, 7) is 1.02. The third kappa shape index (κ3) is 3.10. The van der Waals surface area contributed by atoms with E-state index >= 15 is 0 Å². The second-order valence-electron chi connectivity index (χ2n) is 5.65. The Hall–Kier alpha value is -1.61. The van der Waals surface area contributed by atoms with Crippen LogP contribution in [0.2, 0.25) is 0 Å². The van der Waals surface area contributed by atoms with E-state index in [1.807, 2.05) is 6.07 Å². The number of hydrogen-bond acceptors (Lipinski definition) is 4. The molecule has 6 heteroatoms. The van der Waals surface area contributed by atoms with E-state index in [0.29, 0.717) is 26.0 Å². The highest BCUT2D eigenvalue weighted by atomic mass is 16.5. The van der Waals surface area contributed by atoms with Gasteiger partial charge in [0.15, 0.2) is 6.10 Å². The molecule has 2 aliphatic rings. The first-order valence-corrected chi connectivity index (χ1v) is 7.10. The lowest BCUT2D eigenvalue weighted by atomic mass is 9.71. The molecule has 1 saturated heterocycles. The fourth-order valence-electron chi connectivity index (χ4n) is 3.05. The van der Waals surface area contributed by atoms with Crippen LogP contribution in [0.4, 0.5) is 0 Å². The molecule has 2 fully saturated rings. The maximum absolute atomic E-state index is 12.3. The fraction of sp³-hybridized carbons (Fsp3) is 0.786. The van der Waals surface area contributed by atoms with E-state index in [1.165, 1.54) is 0 Å². The van der Waals surface area contributed by atoms with Gasteiger partial charge in [-0.2, -0.15) is 5.26 Å². The Kier molecular flexibility index (Phi) is 4.61. The molecule has 1 unspecified atom stereocenters. The minimum Gasteiger partial charge on any atom is -0.481 e. The molecule has 1 heterocycles. The number of morpholine rings is 1. The van der Waals surface area contributed by atoms with Gasteiger partial charge in [-0.05, 0) is 12.8 Å². The topological polar surface area (TPSA) is 90.6 Å². The highest BCUT2D eigenvalue weighted by Gasteiger charge is 2.42. The van der Waals surface area contributed by atoms with Crippen LogP contribution in [-0.4, -0.2) is 47.7 Å². The first-order chi connectivity index (χ1) is 9.57. The normalized spacial score (nSPS) is 25.8. The van der Waals surface area contributed by atoms with Gasteiger partial charge in [0.1, 0.15) is 0 Å². The molecule has 1 aliphatic carbocycles. The Morgan fingerprint density at radius 3 is 2.65 bits per heavy atom. The molecule has 0 aromatic heterocycles. The van der Waals surface area contributed by atoms with E-state index in [9.17, 15) is 14.7 Å². The number of carbonyl (C=O) groups is 2. The van der Waals surface area contributed by atoms with Crippen LogP contribution in [0.1, 0.15) is 38.5 Å². The Labute approximate surface area is 118 Å². The van der Waals surface area contributed by atoms with Crippen molar-refractivity contribution in [3.63, 3.8) is 0 Å². The summed E-state index contributed by atoms with van der Waals surface area (Å²) in [6.07, 6.45) is 3.35. The number of nitriles is 1. The van der Waals surface area contributed by atoms with Crippen molar-refractivity contribution in [2.75, 3.05) is 19.7 Å². The molecule has 6 nitrogen and oxygen atoms in total. The van der Waals surface area contributed by atoms with Gasteiger partial charge in [0, 0.05) is 13.0 Å². The van der Waals surface area contributed by atoms with Crippen molar-refractivity contribution in [3.05, 3.63) is 0 Å². The number of amides is 1. The van der Waals surface area contributed by atoms with Gasteiger partial charge in [-0.3, -0.25) is 9.59 Å². The van der Waals surface area contributed by atoms with Gasteiger partial charge < -0.3 is 14.7 Å². The number of carbonyl (C=O) groups excluding carboxylic acids is 1. The van der Waals surface area contributed by atoms with Crippen LogP contribution in [0, 0.1) is 16.7 Å². The number of rotatable bonds is 3. The van der Waals surface area contributed by atoms with Crippen molar-refractivity contribution >= 4 is 11.9 Å². The third-order valence-corrected chi connectivity index (χ3v) is 4.32. The summed E-state index contributed by atoms with van der Waals surface area (Å²) in [4.78, 5) is 25.5. The summed E-state index contributed by atoms with van der Waals surface area (Å²) in [5.74, 6) is -1.03. The predicted octanol–water partition coefficient (Wildman–Crippen LogP) is 1.16. The average molecular weight is 280 g/mol. The van der Waals surface area contributed by atoms with Crippen molar-refractivity contribution in [3.8, 4) is 6.07 Å². The van der Waals surface area contributed by atoms with Crippen LogP contribution < -0.4 is 0 Å². The van der Waals surface area contributed by atoms with E-state index in [1.54, 1.807) is 4.90 Å². The molecule has 1 amide bonds. The fourth-order valence-corrected chi connectivity index (χ4v) is 3.05. The summed E-state index contributed by atoms with van der Waals surface area (Å²) in [5, 5.41) is 18.3. The van der Waals surface area contributed by atoms with Gasteiger partial charge in [-0.1, -0.05) is 19.3 Å². The number of hydrogen-bond donors (Lipinski definition) is 1. The van der Waals surface area contributed by atoms with Crippen LogP contribution in [0.3, 0.4) is 0 Å². The van der Waals surface area contributed by atoms with E-state index in [2.05, 4.69) is 0 Å². The van der Waals surface area contributed by atoms with Gasteiger partial charge in [0.2, 0.25) is 5.91 Å². The Balaban J connectivity index is 2.01. The number of carboxylic acids is 1. The monoisotopic (exact) mass is 280 g/mol. The summed E-state index contributed by atoms with van der Waals surface area (Å²) in [5.41, 5.74) is -0.907. The molecule has 0 radical (unpaired) electrons.